The standard InChI is InChI=1S/C10H19N5O2/c1-4-14-10(12-6-5-7(2)11)9(15(16)17)8(3)13-14/h7,12H,4-6,11H2,1-3H3. The SMILES string of the molecule is CCn1nc(C)c([N+](=O)[O-])c1NCCC(C)N. The van der Waals surface area contributed by atoms with Crippen molar-refractivity contribution in [3.8, 4) is 0 Å². The lowest BCUT2D eigenvalue weighted by Crippen LogP contribution is -2.20. The van der Waals surface area contributed by atoms with E-state index in [4.69, 9.17) is 5.73 Å². The Bertz CT molecular complexity index is 400. The summed E-state index contributed by atoms with van der Waals surface area (Å²) >= 11 is 0. The molecule has 1 heterocycles. The van der Waals surface area contributed by atoms with Gasteiger partial charge >= 0.3 is 5.69 Å². The molecule has 0 fully saturated rings. The number of nitrogens with two attached hydrogens (primary N) is 1. The molecule has 7 nitrogen and oxygen atoms in total. The molecule has 1 atom stereocenters. The first-order chi connectivity index (χ1) is 7.97. The number of anilines is 1. The van der Waals surface area contributed by atoms with Crippen molar-refractivity contribution in [1.82, 2.24) is 9.78 Å². The Morgan fingerprint density at radius 3 is 2.76 bits per heavy atom. The number of nitrogens with one attached hydrogen (secondary N) is 1. The van der Waals surface area contributed by atoms with Crippen LogP contribution in [0.5, 0.6) is 0 Å². The van der Waals surface area contributed by atoms with Crippen LogP contribution in [0.1, 0.15) is 26.0 Å². The highest BCUT2D eigenvalue weighted by molar-refractivity contribution is 5.59. The van der Waals surface area contributed by atoms with Crippen molar-refractivity contribution < 1.29 is 4.92 Å². The van der Waals surface area contributed by atoms with Gasteiger partial charge in [0.2, 0.25) is 5.82 Å². The minimum atomic E-state index is -0.400. The monoisotopic (exact) mass is 241 g/mol. The van der Waals surface area contributed by atoms with E-state index in [1.165, 1.54) is 0 Å². The molecule has 1 unspecified atom stereocenters. The van der Waals surface area contributed by atoms with Gasteiger partial charge in [0.1, 0.15) is 5.69 Å². The van der Waals surface area contributed by atoms with Gasteiger partial charge < -0.3 is 11.1 Å². The molecule has 0 aliphatic heterocycles. The van der Waals surface area contributed by atoms with Crippen LogP contribution >= 0.6 is 0 Å². The zero-order valence-electron chi connectivity index (χ0n) is 10.4. The zero-order chi connectivity index (χ0) is 13.0. The number of nitro groups is 1. The fraction of sp³-hybridized carbons (Fsp3) is 0.700. The van der Waals surface area contributed by atoms with Gasteiger partial charge in [0, 0.05) is 19.1 Å². The van der Waals surface area contributed by atoms with Crippen LogP contribution < -0.4 is 11.1 Å². The second kappa shape index (κ2) is 5.62. The molecule has 0 aromatic carbocycles. The summed E-state index contributed by atoms with van der Waals surface area (Å²) in [5, 5.41) is 18.1. The zero-order valence-corrected chi connectivity index (χ0v) is 10.4. The lowest BCUT2D eigenvalue weighted by molar-refractivity contribution is -0.384. The van der Waals surface area contributed by atoms with Crippen molar-refractivity contribution >= 4 is 11.5 Å². The highest BCUT2D eigenvalue weighted by Crippen LogP contribution is 2.27. The predicted molar refractivity (Wildman–Crippen MR) is 66.0 cm³/mol. The molecule has 0 amide bonds. The minimum absolute atomic E-state index is 0.0523. The van der Waals surface area contributed by atoms with Gasteiger partial charge in [-0.15, -0.1) is 0 Å². The summed E-state index contributed by atoms with van der Waals surface area (Å²) in [4.78, 5) is 10.6. The van der Waals surface area contributed by atoms with Crippen LogP contribution in [-0.4, -0.2) is 27.3 Å². The molecule has 1 aromatic heterocycles. The maximum atomic E-state index is 11.0. The van der Waals surface area contributed by atoms with Crippen LogP contribution in [0.4, 0.5) is 11.5 Å². The predicted octanol–water partition coefficient (Wildman–Crippen LogP) is 1.27. The second-order valence-electron chi connectivity index (χ2n) is 4.05. The van der Waals surface area contributed by atoms with Gasteiger partial charge in [-0.1, -0.05) is 0 Å². The molecule has 1 aromatic rings. The Balaban J connectivity index is 2.90. The lowest BCUT2D eigenvalue weighted by Gasteiger charge is -2.09. The molecule has 0 radical (unpaired) electrons. The molecule has 3 N–H and O–H groups in total. The summed E-state index contributed by atoms with van der Waals surface area (Å²) in [6.45, 7) is 6.63. The number of hydrogen-bond acceptors (Lipinski definition) is 5. The molecule has 7 heteroatoms. The smallest absolute Gasteiger partial charge is 0.333 e. The van der Waals surface area contributed by atoms with Gasteiger partial charge in [0.05, 0.1) is 4.92 Å². The van der Waals surface area contributed by atoms with Crippen molar-refractivity contribution in [2.24, 2.45) is 5.73 Å². The first-order valence-corrected chi connectivity index (χ1v) is 5.68. The molecule has 0 saturated heterocycles. The number of hydrogen-bond donors (Lipinski definition) is 2. The summed E-state index contributed by atoms with van der Waals surface area (Å²) < 4.78 is 1.61. The number of aryl methyl sites for hydroxylation is 2. The third-order valence-corrected chi connectivity index (χ3v) is 2.47. The molecule has 17 heavy (non-hydrogen) atoms. The van der Waals surface area contributed by atoms with E-state index in [0.29, 0.717) is 24.6 Å². The average Bonchev–Trinajstić information content (AvgIpc) is 2.54. The number of nitrogens with zero attached hydrogens (tertiary/aromatic N) is 3. The average molecular weight is 241 g/mol. The van der Waals surface area contributed by atoms with Crippen molar-refractivity contribution in [2.45, 2.75) is 39.8 Å². The van der Waals surface area contributed by atoms with Crippen molar-refractivity contribution in [1.29, 1.82) is 0 Å². The molecule has 0 bridgehead atoms. The van der Waals surface area contributed by atoms with Crippen LogP contribution in [0.3, 0.4) is 0 Å². The molecule has 0 aliphatic rings. The number of aromatic nitrogens is 2. The van der Waals surface area contributed by atoms with Crippen LogP contribution in [-0.2, 0) is 6.54 Å². The van der Waals surface area contributed by atoms with Gasteiger partial charge in [0.25, 0.3) is 0 Å². The Hall–Kier alpha value is -1.63. The summed E-state index contributed by atoms with van der Waals surface area (Å²) in [6.07, 6.45) is 0.755. The second-order valence-corrected chi connectivity index (χ2v) is 4.05. The van der Waals surface area contributed by atoms with Crippen LogP contribution in [0.2, 0.25) is 0 Å². The van der Waals surface area contributed by atoms with Crippen molar-refractivity contribution in [3.63, 3.8) is 0 Å². The first-order valence-electron chi connectivity index (χ1n) is 5.68. The molecule has 1 rings (SSSR count). The fourth-order valence-electron chi connectivity index (χ4n) is 1.61. The largest absolute Gasteiger partial charge is 0.364 e. The molecular formula is C10H19N5O2. The Morgan fingerprint density at radius 2 is 2.29 bits per heavy atom. The maximum absolute atomic E-state index is 11.0. The van der Waals surface area contributed by atoms with Gasteiger partial charge in [-0.25, -0.2) is 4.68 Å². The van der Waals surface area contributed by atoms with E-state index >= 15 is 0 Å². The molecule has 0 spiro atoms. The Kier molecular flexibility index (Phi) is 4.45. The highest BCUT2D eigenvalue weighted by Gasteiger charge is 2.24. The fourth-order valence-corrected chi connectivity index (χ4v) is 1.61. The van der Waals surface area contributed by atoms with E-state index in [9.17, 15) is 10.1 Å². The Labute approximate surface area is 100 Å². The van der Waals surface area contributed by atoms with E-state index in [1.807, 2.05) is 13.8 Å². The molecule has 96 valence electrons. The molecular weight excluding hydrogens is 222 g/mol. The highest BCUT2D eigenvalue weighted by atomic mass is 16.6. The minimum Gasteiger partial charge on any atom is -0.364 e. The van der Waals surface area contributed by atoms with E-state index in [-0.39, 0.29) is 11.7 Å². The van der Waals surface area contributed by atoms with Gasteiger partial charge in [-0.2, -0.15) is 5.10 Å². The third-order valence-electron chi connectivity index (χ3n) is 2.47. The first kappa shape index (κ1) is 13.4. The Morgan fingerprint density at radius 1 is 1.65 bits per heavy atom. The van der Waals surface area contributed by atoms with E-state index in [1.54, 1.807) is 11.6 Å². The quantitative estimate of drug-likeness (QED) is 0.577. The van der Waals surface area contributed by atoms with Crippen molar-refractivity contribution in [3.05, 3.63) is 15.8 Å². The maximum Gasteiger partial charge on any atom is 0.333 e. The van der Waals surface area contributed by atoms with Gasteiger partial charge in [-0.05, 0) is 27.2 Å². The summed E-state index contributed by atoms with van der Waals surface area (Å²) in [5.41, 5.74) is 6.12. The van der Waals surface area contributed by atoms with Crippen LogP contribution in [0, 0.1) is 17.0 Å². The van der Waals surface area contributed by atoms with Gasteiger partial charge in [0.15, 0.2) is 0 Å². The lowest BCUT2D eigenvalue weighted by atomic mass is 10.2. The molecule has 0 saturated carbocycles. The van der Waals surface area contributed by atoms with E-state index < -0.39 is 4.92 Å². The molecule has 0 aliphatic carbocycles. The van der Waals surface area contributed by atoms with Crippen molar-refractivity contribution in [2.75, 3.05) is 11.9 Å². The number of rotatable bonds is 6. The normalized spacial score (nSPS) is 12.5. The summed E-state index contributed by atoms with van der Waals surface area (Å²) in [7, 11) is 0. The van der Waals surface area contributed by atoms with E-state index in [0.717, 1.165) is 6.42 Å². The van der Waals surface area contributed by atoms with Crippen LogP contribution in [0.25, 0.3) is 0 Å². The van der Waals surface area contributed by atoms with Gasteiger partial charge in [-0.3, -0.25) is 10.1 Å². The third kappa shape index (κ3) is 3.16. The topological polar surface area (TPSA) is 99.0 Å². The summed E-state index contributed by atoms with van der Waals surface area (Å²) in [5.74, 6) is 0.468. The summed E-state index contributed by atoms with van der Waals surface area (Å²) in [6, 6.07) is 0.0700. The van der Waals surface area contributed by atoms with Crippen LogP contribution in [0.15, 0.2) is 0 Å². The van der Waals surface area contributed by atoms with E-state index in [2.05, 4.69) is 10.4 Å².